The number of pyridine rings is 1. The van der Waals surface area contributed by atoms with Gasteiger partial charge in [0.05, 0.1) is 12.1 Å². The summed E-state index contributed by atoms with van der Waals surface area (Å²) in [5, 5.41) is 0.891. The van der Waals surface area contributed by atoms with E-state index in [0.717, 1.165) is 28.6 Å². The summed E-state index contributed by atoms with van der Waals surface area (Å²) in [6.45, 7) is 0.700. The van der Waals surface area contributed by atoms with E-state index in [9.17, 15) is 4.79 Å². The van der Waals surface area contributed by atoms with Gasteiger partial charge >= 0.3 is 0 Å². The highest BCUT2D eigenvalue weighted by molar-refractivity contribution is 6.16. The highest BCUT2D eigenvalue weighted by Crippen LogP contribution is 2.28. The van der Waals surface area contributed by atoms with Crippen LogP contribution in [0.2, 0.25) is 0 Å². The molecule has 1 aliphatic heterocycles. The van der Waals surface area contributed by atoms with E-state index in [2.05, 4.69) is 4.98 Å². The average Bonchev–Trinajstić information content (AvgIpc) is 3.01. The maximum Gasteiger partial charge on any atom is 0.193 e. The zero-order valence-corrected chi connectivity index (χ0v) is 11.4. The summed E-state index contributed by atoms with van der Waals surface area (Å²) in [7, 11) is 0. The van der Waals surface area contributed by atoms with Crippen LogP contribution in [0.1, 0.15) is 21.5 Å². The molecule has 0 bridgehead atoms. The van der Waals surface area contributed by atoms with E-state index in [1.54, 1.807) is 6.20 Å². The molecule has 0 radical (unpaired) electrons. The molecule has 3 aromatic rings. The Balaban J connectivity index is 1.83. The first kappa shape index (κ1) is 12.1. The van der Waals surface area contributed by atoms with Gasteiger partial charge in [0, 0.05) is 29.1 Å². The number of carbonyl (C=O) groups excluding carboxylic acids is 1. The summed E-state index contributed by atoms with van der Waals surface area (Å²) in [5.41, 5.74) is 3.35. The van der Waals surface area contributed by atoms with E-state index in [1.165, 1.54) is 0 Å². The predicted octanol–water partition coefficient (Wildman–Crippen LogP) is 3.40. The van der Waals surface area contributed by atoms with Crippen LogP contribution in [0.25, 0.3) is 10.9 Å². The van der Waals surface area contributed by atoms with Crippen LogP contribution in [-0.2, 0) is 6.42 Å². The SMILES string of the molecule is O=C(c1ccc2c(c1)CCO2)c1cccc2ncccc12. The maximum atomic E-state index is 12.8. The maximum absolute atomic E-state index is 12.8. The van der Waals surface area contributed by atoms with Gasteiger partial charge in [-0.1, -0.05) is 18.2 Å². The summed E-state index contributed by atoms with van der Waals surface area (Å²) in [6.07, 6.45) is 2.61. The van der Waals surface area contributed by atoms with Gasteiger partial charge in [-0.15, -0.1) is 0 Å². The molecule has 0 amide bonds. The zero-order chi connectivity index (χ0) is 14.2. The van der Waals surface area contributed by atoms with E-state index < -0.39 is 0 Å². The van der Waals surface area contributed by atoms with Crippen molar-refractivity contribution < 1.29 is 9.53 Å². The topological polar surface area (TPSA) is 39.2 Å². The molecule has 0 fully saturated rings. The van der Waals surface area contributed by atoms with Crippen LogP contribution < -0.4 is 4.74 Å². The van der Waals surface area contributed by atoms with Crippen molar-refractivity contribution in [3.05, 3.63) is 71.4 Å². The Morgan fingerprint density at radius 3 is 3.00 bits per heavy atom. The second-order valence-corrected chi connectivity index (χ2v) is 5.13. The molecular weight excluding hydrogens is 262 g/mol. The van der Waals surface area contributed by atoms with E-state index in [0.29, 0.717) is 17.7 Å². The Bertz CT molecular complexity index is 849. The molecule has 3 heteroatoms. The van der Waals surface area contributed by atoms with Crippen LogP contribution in [-0.4, -0.2) is 17.4 Å². The molecule has 4 rings (SSSR count). The predicted molar refractivity (Wildman–Crippen MR) is 80.8 cm³/mol. The number of rotatable bonds is 2. The minimum atomic E-state index is 0.0308. The van der Waals surface area contributed by atoms with Crippen molar-refractivity contribution in [1.82, 2.24) is 4.98 Å². The number of ether oxygens (including phenoxy) is 1. The van der Waals surface area contributed by atoms with Crippen molar-refractivity contribution in [2.24, 2.45) is 0 Å². The van der Waals surface area contributed by atoms with Crippen molar-refractivity contribution in [2.75, 3.05) is 6.61 Å². The quantitative estimate of drug-likeness (QED) is 0.673. The minimum Gasteiger partial charge on any atom is -0.493 e. The Kier molecular flexibility index (Phi) is 2.71. The molecular formula is C18H13NO2. The van der Waals surface area contributed by atoms with Gasteiger partial charge < -0.3 is 4.74 Å². The summed E-state index contributed by atoms with van der Waals surface area (Å²) in [6, 6.07) is 15.1. The molecule has 2 aromatic carbocycles. The monoisotopic (exact) mass is 275 g/mol. The number of aromatic nitrogens is 1. The van der Waals surface area contributed by atoms with Gasteiger partial charge in [0.2, 0.25) is 0 Å². The second-order valence-electron chi connectivity index (χ2n) is 5.13. The van der Waals surface area contributed by atoms with E-state index in [-0.39, 0.29) is 5.78 Å². The third-order valence-corrected chi connectivity index (χ3v) is 3.84. The highest BCUT2D eigenvalue weighted by atomic mass is 16.5. The average molecular weight is 275 g/mol. The normalized spacial score (nSPS) is 13.0. The number of ketones is 1. The molecule has 3 nitrogen and oxygen atoms in total. The van der Waals surface area contributed by atoms with Crippen LogP contribution in [0.15, 0.2) is 54.7 Å². The van der Waals surface area contributed by atoms with Crippen molar-refractivity contribution in [3.8, 4) is 5.75 Å². The molecule has 2 heterocycles. The molecule has 0 saturated carbocycles. The van der Waals surface area contributed by atoms with Crippen molar-refractivity contribution in [2.45, 2.75) is 6.42 Å². The highest BCUT2D eigenvalue weighted by Gasteiger charge is 2.17. The lowest BCUT2D eigenvalue weighted by molar-refractivity contribution is 0.104. The zero-order valence-electron chi connectivity index (χ0n) is 11.4. The van der Waals surface area contributed by atoms with Crippen LogP contribution in [0, 0.1) is 0 Å². The van der Waals surface area contributed by atoms with Gasteiger partial charge in [0.1, 0.15) is 5.75 Å². The van der Waals surface area contributed by atoms with E-state index >= 15 is 0 Å². The van der Waals surface area contributed by atoms with Crippen molar-refractivity contribution in [1.29, 1.82) is 0 Å². The van der Waals surface area contributed by atoms with Crippen LogP contribution in [0.5, 0.6) is 5.75 Å². The van der Waals surface area contributed by atoms with Gasteiger partial charge in [-0.05, 0) is 35.9 Å². The van der Waals surface area contributed by atoms with Crippen molar-refractivity contribution >= 4 is 16.7 Å². The van der Waals surface area contributed by atoms with Gasteiger partial charge in [-0.25, -0.2) is 0 Å². The van der Waals surface area contributed by atoms with Gasteiger partial charge in [-0.2, -0.15) is 0 Å². The summed E-state index contributed by atoms with van der Waals surface area (Å²) >= 11 is 0. The fraction of sp³-hybridized carbons (Fsp3) is 0.111. The molecule has 1 aromatic heterocycles. The number of nitrogens with zero attached hydrogens (tertiary/aromatic N) is 1. The van der Waals surface area contributed by atoms with Crippen LogP contribution >= 0.6 is 0 Å². The lowest BCUT2D eigenvalue weighted by atomic mass is 9.97. The first-order valence-electron chi connectivity index (χ1n) is 6.97. The first-order valence-corrected chi connectivity index (χ1v) is 6.97. The Morgan fingerprint density at radius 1 is 1.10 bits per heavy atom. The third kappa shape index (κ3) is 1.98. The number of benzene rings is 2. The number of hydrogen-bond donors (Lipinski definition) is 0. The largest absolute Gasteiger partial charge is 0.493 e. The van der Waals surface area contributed by atoms with Crippen LogP contribution in [0.3, 0.4) is 0 Å². The lowest BCUT2D eigenvalue weighted by Gasteiger charge is -2.06. The van der Waals surface area contributed by atoms with E-state index in [4.69, 9.17) is 4.74 Å². The third-order valence-electron chi connectivity index (χ3n) is 3.84. The smallest absolute Gasteiger partial charge is 0.193 e. The molecule has 0 spiro atoms. The standard InChI is InChI=1S/C18H13NO2/c20-18(13-6-7-17-12(11-13)8-10-21-17)15-3-1-5-16-14(15)4-2-9-19-16/h1-7,9,11H,8,10H2. The Labute approximate surface area is 122 Å². The lowest BCUT2D eigenvalue weighted by Crippen LogP contribution is -2.03. The molecule has 0 N–H and O–H groups in total. The summed E-state index contributed by atoms with van der Waals surface area (Å²) < 4.78 is 5.49. The van der Waals surface area contributed by atoms with E-state index in [1.807, 2.05) is 48.5 Å². The molecule has 0 aliphatic carbocycles. The van der Waals surface area contributed by atoms with Gasteiger partial charge in [-0.3, -0.25) is 9.78 Å². The fourth-order valence-electron chi connectivity index (χ4n) is 2.78. The van der Waals surface area contributed by atoms with Gasteiger partial charge in [0.25, 0.3) is 0 Å². The minimum absolute atomic E-state index is 0.0308. The number of fused-ring (bicyclic) bond motifs is 2. The van der Waals surface area contributed by atoms with Crippen molar-refractivity contribution in [3.63, 3.8) is 0 Å². The molecule has 0 saturated heterocycles. The summed E-state index contributed by atoms with van der Waals surface area (Å²) in [4.78, 5) is 17.1. The molecule has 21 heavy (non-hydrogen) atoms. The first-order chi connectivity index (χ1) is 10.3. The number of carbonyl (C=O) groups is 1. The number of hydrogen-bond acceptors (Lipinski definition) is 3. The molecule has 1 aliphatic rings. The Hall–Kier alpha value is -2.68. The van der Waals surface area contributed by atoms with Gasteiger partial charge in [0.15, 0.2) is 5.78 Å². The molecule has 0 atom stereocenters. The summed E-state index contributed by atoms with van der Waals surface area (Å²) in [5.74, 6) is 0.925. The second kappa shape index (κ2) is 4.70. The Morgan fingerprint density at radius 2 is 2.05 bits per heavy atom. The molecule has 102 valence electrons. The molecule has 0 unspecified atom stereocenters. The fourth-order valence-corrected chi connectivity index (χ4v) is 2.78. The van der Waals surface area contributed by atoms with Crippen LogP contribution in [0.4, 0.5) is 0 Å².